The van der Waals surface area contributed by atoms with Crippen LogP contribution in [0.3, 0.4) is 0 Å². The number of rotatable bonds is 7. The minimum absolute atomic E-state index is 0.0570. The van der Waals surface area contributed by atoms with Gasteiger partial charge in [-0.15, -0.1) is 0 Å². The maximum atomic E-state index is 12.5. The van der Waals surface area contributed by atoms with Crippen molar-refractivity contribution in [2.24, 2.45) is 0 Å². The van der Waals surface area contributed by atoms with Crippen molar-refractivity contribution in [2.45, 2.75) is 19.9 Å². The van der Waals surface area contributed by atoms with E-state index in [1.165, 1.54) is 0 Å². The molecule has 1 aromatic heterocycles. The lowest BCUT2D eigenvalue weighted by Gasteiger charge is -2.21. The summed E-state index contributed by atoms with van der Waals surface area (Å²) in [6, 6.07) is 12.8. The molecular formula is C21H20N2O6. The van der Waals surface area contributed by atoms with E-state index >= 15 is 0 Å². The first-order valence-electron chi connectivity index (χ1n) is 9.29. The van der Waals surface area contributed by atoms with Crippen molar-refractivity contribution in [1.82, 2.24) is 10.1 Å². The lowest BCUT2D eigenvalue weighted by Crippen LogP contribution is -2.34. The van der Waals surface area contributed by atoms with E-state index in [0.29, 0.717) is 35.9 Å². The van der Waals surface area contributed by atoms with Gasteiger partial charge in [0.05, 0.1) is 6.42 Å². The molecule has 8 nitrogen and oxygen atoms in total. The highest BCUT2D eigenvalue weighted by molar-refractivity contribution is 5.85. The van der Waals surface area contributed by atoms with Crippen LogP contribution < -0.4 is 9.47 Å². The monoisotopic (exact) mass is 396 g/mol. The van der Waals surface area contributed by atoms with Gasteiger partial charge < -0.3 is 23.6 Å². The van der Waals surface area contributed by atoms with Gasteiger partial charge in [0, 0.05) is 18.5 Å². The highest BCUT2D eigenvalue weighted by Crippen LogP contribution is 2.32. The number of aromatic nitrogens is 1. The van der Waals surface area contributed by atoms with E-state index in [-0.39, 0.29) is 25.7 Å². The van der Waals surface area contributed by atoms with Crippen molar-refractivity contribution in [3.8, 4) is 11.5 Å². The highest BCUT2D eigenvalue weighted by Gasteiger charge is 2.19. The zero-order chi connectivity index (χ0) is 20.2. The third-order valence-corrected chi connectivity index (χ3v) is 4.67. The lowest BCUT2D eigenvalue weighted by atomic mass is 10.2. The molecule has 1 aliphatic heterocycles. The molecule has 3 aromatic rings. The fourth-order valence-electron chi connectivity index (χ4n) is 3.12. The number of nitrogens with zero attached hydrogens (tertiary/aromatic N) is 2. The average Bonchev–Trinajstić information content (AvgIpc) is 3.37. The number of para-hydroxylation sites is 1. The summed E-state index contributed by atoms with van der Waals surface area (Å²) in [5.74, 6) is 0.551. The van der Waals surface area contributed by atoms with Gasteiger partial charge in [-0.2, -0.15) is 0 Å². The highest BCUT2D eigenvalue weighted by atomic mass is 16.7. The second-order valence-electron chi connectivity index (χ2n) is 6.56. The molecule has 1 amide bonds. The minimum Gasteiger partial charge on any atom is -0.455 e. The maximum Gasteiger partial charge on any atom is 0.312 e. The molecule has 2 aromatic carbocycles. The van der Waals surface area contributed by atoms with Crippen molar-refractivity contribution < 1.29 is 28.3 Å². The van der Waals surface area contributed by atoms with Crippen LogP contribution in [0.15, 0.2) is 47.0 Å². The Hall–Kier alpha value is -3.55. The molecule has 0 atom stereocenters. The van der Waals surface area contributed by atoms with Gasteiger partial charge >= 0.3 is 5.97 Å². The van der Waals surface area contributed by atoms with Crippen LogP contribution in [0.2, 0.25) is 0 Å². The Morgan fingerprint density at radius 3 is 2.83 bits per heavy atom. The zero-order valence-corrected chi connectivity index (χ0v) is 15.9. The Morgan fingerprint density at radius 2 is 1.97 bits per heavy atom. The van der Waals surface area contributed by atoms with Crippen molar-refractivity contribution >= 4 is 22.8 Å². The molecular weight excluding hydrogens is 376 g/mol. The minimum atomic E-state index is -0.531. The van der Waals surface area contributed by atoms with E-state index in [2.05, 4.69) is 5.16 Å². The van der Waals surface area contributed by atoms with E-state index in [0.717, 1.165) is 10.9 Å². The van der Waals surface area contributed by atoms with Crippen molar-refractivity contribution in [3.05, 3.63) is 53.7 Å². The summed E-state index contributed by atoms with van der Waals surface area (Å²) in [4.78, 5) is 26.2. The Balaban J connectivity index is 1.32. The molecule has 0 aliphatic carbocycles. The quantitative estimate of drug-likeness (QED) is 0.567. The number of hydrogen-bond donors (Lipinski definition) is 0. The Labute approximate surface area is 166 Å². The van der Waals surface area contributed by atoms with Gasteiger partial charge in [-0.25, -0.2) is 0 Å². The van der Waals surface area contributed by atoms with Crippen LogP contribution in [-0.2, 0) is 27.3 Å². The van der Waals surface area contributed by atoms with Crippen molar-refractivity contribution in [1.29, 1.82) is 0 Å². The smallest absolute Gasteiger partial charge is 0.312 e. The number of amides is 1. The summed E-state index contributed by atoms with van der Waals surface area (Å²) >= 11 is 0. The topological polar surface area (TPSA) is 91.1 Å². The number of hydrogen-bond acceptors (Lipinski definition) is 7. The number of ether oxygens (including phenoxy) is 3. The van der Waals surface area contributed by atoms with Crippen LogP contribution in [0, 0.1) is 0 Å². The second kappa shape index (κ2) is 8.22. The van der Waals surface area contributed by atoms with Crippen molar-refractivity contribution in [2.75, 3.05) is 19.9 Å². The standard InChI is InChI=1S/C21H20N2O6/c1-2-23(11-14-7-8-18-19(9-14)28-13-27-18)20(24)12-26-21(25)10-16-15-5-3-4-6-17(15)29-22-16/h3-9H,2,10-13H2,1H3. The van der Waals surface area contributed by atoms with Gasteiger partial charge in [0.15, 0.2) is 23.7 Å². The van der Waals surface area contributed by atoms with E-state index in [1.54, 1.807) is 11.0 Å². The summed E-state index contributed by atoms with van der Waals surface area (Å²) in [6.45, 7) is 2.61. The second-order valence-corrected chi connectivity index (χ2v) is 6.56. The number of carbonyl (C=O) groups excluding carboxylic acids is 2. The molecule has 0 spiro atoms. The fourth-order valence-corrected chi connectivity index (χ4v) is 3.12. The molecule has 4 rings (SSSR count). The Bertz CT molecular complexity index is 1040. The summed E-state index contributed by atoms with van der Waals surface area (Å²) in [7, 11) is 0. The van der Waals surface area contributed by atoms with Gasteiger partial charge in [-0.1, -0.05) is 23.4 Å². The van der Waals surface area contributed by atoms with Crippen LogP contribution in [0.1, 0.15) is 18.2 Å². The first-order valence-corrected chi connectivity index (χ1v) is 9.29. The molecule has 0 saturated carbocycles. The maximum absolute atomic E-state index is 12.5. The normalized spacial score (nSPS) is 12.2. The molecule has 0 N–H and O–H groups in total. The van der Waals surface area contributed by atoms with Crippen LogP contribution in [0.25, 0.3) is 11.0 Å². The third-order valence-electron chi connectivity index (χ3n) is 4.67. The first-order chi connectivity index (χ1) is 14.1. The summed E-state index contributed by atoms with van der Waals surface area (Å²) < 4.78 is 21.0. The molecule has 0 fully saturated rings. The number of fused-ring (bicyclic) bond motifs is 2. The average molecular weight is 396 g/mol. The largest absolute Gasteiger partial charge is 0.455 e. The van der Waals surface area contributed by atoms with Gasteiger partial charge in [0.2, 0.25) is 6.79 Å². The summed E-state index contributed by atoms with van der Waals surface area (Å²) in [5, 5.41) is 4.66. The van der Waals surface area contributed by atoms with Crippen LogP contribution >= 0.6 is 0 Å². The van der Waals surface area contributed by atoms with E-state index in [9.17, 15) is 9.59 Å². The van der Waals surface area contributed by atoms with Gasteiger partial charge in [-0.3, -0.25) is 9.59 Å². The van der Waals surface area contributed by atoms with Crippen LogP contribution in [-0.4, -0.2) is 41.9 Å². The number of carbonyl (C=O) groups is 2. The van der Waals surface area contributed by atoms with Gasteiger partial charge in [-0.05, 0) is 36.8 Å². The van der Waals surface area contributed by atoms with Crippen molar-refractivity contribution in [3.63, 3.8) is 0 Å². The number of likely N-dealkylation sites (N-methyl/N-ethyl adjacent to an activating group) is 1. The van der Waals surface area contributed by atoms with Crippen LogP contribution in [0.4, 0.5) is 0 Å². The zero-order valence-electron chi connectivity index (χ0n) is 15.9. The molecule has 2 heterocycles. The van der Waals surface area contributed by atoms with Gasteiger partial charge in [0.1, 0.15) is 5.69 Å². The predicted octanol–water partition coefficient (Wildman–Crippen LogP) is 2.69. The molecule has 8 heteroatoms. The molecule has 0 saturated heterocycles. The third kappa shape index (κ3) is 4.16. The van der Waals surface area contributed by atoms with E-state index < -0.39 is 5.97 Å². The Morgan fingerprint density at radius 1 is 1.14 bits per heavy atom. The van der Waals surface area contributed by atoms with Crippen LogP contribution in [0.5, 0.6) is 11.5 Å². The summed E-state index contributed by atoms with van der Waals surface area (Å²) in [6.07, 6.45) is -0.0570. The first kappa shape index (κ1) is 18.8. The molecule has 150 valence electrons. The van der Waals surface area contributed by atoms with E-state index in [4.69, 9.17) is 18.7 Å². The Kier molecular flexibility index (Phi) is 5.33. The SMILES string of the molecule is CCN(Cc1ccc2c(c1)OCO2)C(=O)COC(=O)Cc1noc2ccccc12. The summed E-state index contributed by atoms with van der Waals surface area (Å²) in [5.41, 5.74) is 2.00. The van der Waals surface area contributed by atoms with E-state index in [1.807, 2.05) is 43.3 Å². The molecule has 0 bridgehead atoms. The predicted molar refractivity (Wildman–Crippen MR) is 102 cm³/mol. The molecule has 1 aliphatic rings. The molecule has 0 unspecified atom stereocenters. The molecule has 0 radical (unpaired) electrons. The number of esters is 1. The lowest BCUT2D eigenvalue weighted by molar-refractivity contribution is -0.151. The number of benzene rings is 2. The fraction of sp³-hybridized carbons (Fsp3) is 0.286. The molecule has 29 heavy (non-hydrogen) atoms. The van der Waals surface area contributed by atoms with Gasteiger partial charge in [0.25, 0.3) is 5.91 Å².